The van der Waals surface area contributed by atoms with Gasteiger partial charge in [-0.2, -0.15) is 0 Å². The first kappa shape index (κ1) is 13.7. The van der Waals surface area contributed by atoms with Crippen molar-refractivity contribution >= 4 is 18.7 Å². The predicted octanol–water partition coefficient (Wildman–Crippen LogP) is 1.56. The van der Waals surface area contributed by atoms with Crippen molar-refractivity contribution in [3.63, 3.8) is 0 Å². The van der Waals surface area contributed by atoms with Crippen molar-refractivity contribution in [1.82, 2.24) is 4.90 Å². The van der Waals surface area contributed by atoms with Crippen LogP contribution in [-0.4, -0.2) is 41.8 Å². The minimum absolute atomic E-state index is 0.131. The maximum Gasteiger partial charge on any atom is 0.407 e. The smallest absolute Gasteiger partial charge is 0.407 e. The van der Waals surface area contributed by atoms with Gasteiger partial charge in [-0.25, -0.2) is 4.79 Å². The Balaban J connectivity index is 2.34. The molecule has 0 unspecified atom stereocenters. The van der Waals surface area contributed by atoms with E-state index in [0.29, 0.717) is 31.8 Å². The molecule has 1 N–H and O–H groups in total. The van der Waals surface area contributed by atoms with Gasteiger partial charge in [0.05, 0.1) is 0 Å². The number of piperidine rings is 1. The molecule has 5 heteroatoms. The van der Waals surface area contributed by atoms with Crippen molar-refractivity contribution < 1.29 is 19.5 Å². The van der Waals surface area contributed by atoms with Gasteiger partial charge < -0.3 is 19.6 Å². The molecular weight excluding hydrogens is 222 g/mol. The highest BCUT2D eigenvalue weighted by Gasteiger charge is 2.24. The fourth-order valence-corrected chi connectivity index (χ4v) is 2.39. The lowest BCUT2D eigenvalue weighted by atomic mass is 9.85. The van der Waals surface area contributed by atoms with Crippen molar-refractivity contribution in [2.24, 2.45) is 11.8 Å². The first-order valence-electron chi connectivity index (χ1n) is 6.02. The number of carbonyl (C=O) groups excluding carboxylic acids is 2. The highest BCUT2D eigenvalue weighted by atomic mass is 16.4. The van der Waals surface area contributed by atoms with Crippen LogP contribution >= 0.6 is 0 Å². The summed E-state index contributed by atoms with van der Waals surface area (Å²) >= 11 is 0. The summed E-state index contributed by atoms with van der Waals surface area (Å²) in [4.78, 5) is 33.1. The van der Waals surface area contributed by atoms with Crippen LogP contribution in [0, 0.1) is 11.8 Å². The predicted molar refractivity (Wildman–Crippen MR) is 61.8 cm³/mol. The minimum atomic E-state index is -0.860. The van der Waals surface area contributed by atoms with E-state index in [1.54, 1.807) is 0 Å². The molecule has 1 heterocycles. The maximum atomic E-state index is 10.7. The third-order valence-corrected chi connectivity index (χ3v) is 3.41. The lowest BCUT2D eigenvalue weighted by Gasteiger charge is -2.31. The fraction of sp³-hybridized carbons (Fsp3) is 0.750. The Morgan fingerprint density at radius 3 is 2.18 bits per heavy atom. The van der Waals surface area contributed by atoms with Crippen LogP contribution in [0.4, 0.5) is 4.79 Å². The molecule has 0 spiro atoms. The summed E-state index contributed by atoms with van der Waals surface area (Å²) in [5, 5.41) is 8.81. The Hall–Kier alpha value is -1.39. The fourth-order valence-electron chi connectivity index (χ4n) is 2.39. The van der Waals surface area contributed by atoms with Crippen molar-refractivity contribution in [3.05, 3.63) is 0 Å². The lowest BCUT2D eigenvalue weighted by molar-refractivity contribution is -0.110. The van der Waals surface area contributed by atoms with Gasteiger partial charge in [0.15, 0.2) is 0 Å². The third kappa shape index (κ3) is 4.54. The zero-order valence-electron chi connectivity index (χ0n) is 9.88. The number of hydrogen-bond donors (Lipinski definition) is 1. The summed E-state index contributed by atoms with van der Waals surface area (Å²) in [6, 6.07) is 0. The second kappa shape index (κ2) is 7.04. The zero-order chi connectivity index (χ0) is 12.7. The minimum Gasteiger partial charge on any atom is -0.465 e. The highest BCUT2D eigenvalue weighted by Crippen LogP contribution is 2.26. The number of carbonyl (C=O) groups is 3. The molecule has 0 bridgehead atoms. The molecule has 0 radical (unpaired) electrons. The molecule has 0 atom stereocenters. The first-order valence-corrected chi connectivity index (χ1v) is 6.02. The number of hydrogen-bond acceptors (Lipinski definition) is 3. The molecule has 0 aromatic rings. The highest BCUT2D eigenvalue weighted by molar-refractivity contribution is 5.65. The molecule has 1 saturated heterocycles. The van der Waals surface area contributed by atoms with Gasteiger partial charge in [-0.1, -0.05) is 0 Å². The molecule has 0 aromatic heterocycles. The van der Waals surface area contributed by atoms with E-state index in [1.165, 1.54) is 4.90 Å². The normalized spacial score (nSPS) is 17.1. The number of nitrogens with zero attached hydrogens (tertiary/aromatic N) is 1. The summed E-state index contributed by atoms with van der Waals surface area (Å²) in [6.45, 7) is 1.13. The number of amides is 1. The third-order valence-electron chi connectivity index (χ3n) is 3.41. The quantitative estimate of drug-likeness (QED) is 0.716. The Bertz CT molecular complexity index is 262. The monoisotopic (exact) mass is 241 g/mol. The molecule has 96 valence electrons. The molecule has 5 nitrogen and oxygen atoms in total. The van der Waals surface area contributed by atoms with Crippen LogP contribution in [0.15, 0.2) is 0 Å². The van der Waals surface area contributed by atoms with E-state index in [-0.39, 0.29) is 5.92 Å². The Labute approximate surface area is 101 Å². The topological polar surface area (TPSA) is 74.7 Å². The molecule has 1 fully saturated rings. The van der Waals surface area contributed by atoms with E-state index in [4.69, 9.17) is 5.11 Å². The molecular formula is C12H19NO4. The zero-order valence-corrected chi connectivity index (χ0v) is 9.88. The van der Waals surface area contributed by atoms with Crippen LogP contribution in [0.25, 0.3) is 0 Å². The molecule has 1 amide bonds. The average molecular weight is 241 g/mol. The van der Waals surface area contributed by atoms with Crippen LogP contribution in [0.5, 0.6) is 0 Å². The number of rotatable bonds is 6. The van der Waals surface area contributed by atoms with Crippen molar-refractivity contribution in [2.75, 3.05) is 13.1 Å². The summed E-state index contributed by atoms with van der Waals surface area (Å²) in [6.07, 6.45) is 4.24. The van der Waals surface area contributed by atoms with Crippen LogP contribution in [0.1, 0.15) is 32.1 Å². The van der Waals surface area contributed by atoms with Gasteiger partial charge >= 0.3 is 6.09 Å². The van der Waals surface area contributed by atoms with E-state index in [2.05, 4.69) is 0 Å². The van der Waals surface area contributed by atoms with E-state index >= 15 is 0 Å². The van der Waals surface area contributed by atoms with Gasteiger partial charge in [0.25, 0.3) is 0 Å². The van der Waals surface area contributed by atoms with Crippen molar-refractivity contribution in [1.29, 1.82) is 0 Å². The van der Waals surface area contributed by atoms with Gasteiger partial charge in [-0.15, -0.1) is 0 Å². The van der Waals surface area contributed by atoms with Gasteiger partial charge in [-0.05, 0) is 31.1 Å². The molecule has 0 aromatic carbocycles. The van der Waals surface area contributed by atoms with Crippen molar-refractivity contribution in [2.45, 2.75) is 32.1 Å². The second-order valence-electron chi connectivity index (χ2n) is 4.62. The molecule has 17 heavy (non-hydrogen) atoms. The number of aldehydes is 2. The molecule has 0 saturated carbocycles. The van der Waals surface area contributed by atoms with E-state index in [9.17, 15) is 14.4 Å². The summed E-state index contributed by atoms with van der Waals surface area (Å²) < 4.78 is 0. The molecule has 1 aliphatic heterocycles. The van der Waals surface area contributed by atoms with Gasteiger partial charge in [0.2, 0.25) is 0 Å². The van der Waals surface area contributed by atoms with Gasteiger partial charge in [0.1, 0.15) is 12.6 Å². The second-order valence-corrected chi connectivity index (χ2v) is 4.62. The SMILES string of the molecule is O=CCC(CC=O)CC1CCN(C(=O)O)CC1. The van der Waals surface area contributed by atoms with Crippen LogP contribution < -0.4 is 0 Å². The van der Waals surface area contributed by atoms with Crippen LogP contribution in [0.2, 0.25) is 0 Å². The summed E-state index contributed by atoms with van der Waals surface area (Å²) in [7, 11) is 0. The first-order chi connectivity index (χ1) is 8.17. The number of likely N-dealkylation sites (tertiary alicyclic amines) is 1. The lowest BCUT2D eigenvalue weighted by Crippen LogP contribution is -2.37. The summed E-state index contributed by atoms with van der Waals surface area (Å²) in [5.41, 5.74) is 0. The van der Waals surface area contributed by atoms with E-state index in [0.717, 1.165) is 31.8 Å². The average Bonchev–Trinajstić information content (AvgIpc) is 2.30. The Morgan fingerprint density at radius 2 is 1.76 bits per heavy atom. The van der Waals surface area contributed by atoms with Crippen molar-refractivity contribution in [3.8, 4) is 0 Å². The van der Waals surface area contributed by atoms with Gasteiger partial charge in [0, 0.05) is 25.9 Å². The standard InChI is InChI=1S/C12H19NO4/c14-7-3-11(4-8-15)9-10-1-5-13(6-2-10)12(16)17/h7-8,10-11H,1-6,9H2,(H,16,17). The molecule has 1 rings (SSSR count). The van der Waals surface area contributed by atoms with E-state index in [1.807, 2.05) is 0 Å². The summed E-state index contributed by atoms with van der Waals surface area (Å²) in [5.74, 6) is 0.571. The van der Waals surface area contributed by atoms with Crippen LogP contribution in [-0.2, 0) is 9.59 Å². The largest absolute Gasteiger partial charge is 0.465 e. The Morgan fingerprint density at radius 1 is 1.24 bits per heavy atom. The Kier molecular flexibility index (Phi) is 5.66. The van der Waals surface area contributed by atoms with Crippen LogP contribution in [0.3, 0.4) is 0 Å². The number of carboxylic acid groups (broad SMARTS) is 1. The molecule has 1 aliphatic rings. The van der Waals surface area contributed by atoms with Gasteiger partial charge in [-0.3, -0.25) is 0 Å². The van der Waals surface area contributed by atoms with E-state index < -0.39 is 6.09 Å². The maximum absolute atomic E-state index is 10.7. The molecule has 0 aliphatic carbocycles.